The normalized spacial score (nSPS) is 26.6. The molecule has 2 aliphatic rings. The molecule has 2 atom stereocenters. The predicted octanol–water partition coefficient (Wildman–Crippen LogP) is 0.929. The van der Waals surface area contributed by atoms with E-state index in [0.717, 1.165) is 32.7 Å². The molecule has 2 aliphatic heterocycles. The summed E-state index contributed by atoms with van der Waals surface area (Å²) in [6, 6.07) is 0.0324. The van der Waals surface area contributed by atoms with Gasteiger partial charge in [0.05, 0.1) is 6.04 Å². The number of carbonyl (C=O) groups is 1. The standard InChI is InChI=1S/C14H27N3O/c1-12(14(18)17-8-3-4-9-17)16(2)11-13-6-5-7-15-10-13/h12-13,15H,3-11H2,1-2H3. The van der Waals surface area contributed by atoms with Crippen molar-refractivity contribution < 1.29 is 4.79 Å². The lowest BCUT2D eigenvalue weighted by Gasteiger charge is -2.32. The van der Waals surface area contributed by atoms with Crippen LogP contribution in [-0.4, -0.2) is 61.5 Å². The highest BCUT2D eigenvalue weighted by Crippen LogP contribution is 2.15. The Morgan fingerprint density at radius 2 is 2.11 bits per heavy atom. The number of carbonyl (C=O) groups excluding carboxylic acids is 1. The summed E-state index contributed by atoms with van der Waals surface area (Å²) in [6.45, 7) is 7.27. The third-order valence-electron chi connectivity index (χ3n) is 4.38. The molecule has 0 aromatic heterocycles. The highest BCUT2D eigenvalue weighted by molar-refractivity contribution is 5.81. The van der Waals surface area contributed by atoms with Crippen molar-refractivity contribution in [2.45, 2.75) is 38.6 Å². The molecular weight excluding hydrogens is 226 g/mol. The predicted molar refractivity (Wildman–Crippen MR) is 73.5 cm³/mol. The minimum absolute atomic E-state index is 0.0324. The summed E-state index contributed by atoms with van der Waals surface area (Å²) in [4.78, 5) is 16.6. The Morgan fingerprint density at radius 3 is 2.72 bits per heavy atom. The second-order valence-electron chi connectivity index (χ2n) is 5.86. The molecule has 4 nitrogen and oxygen atoms in total. The highest BCUT2D eigenvalue weighted by atomic mass is 16.2. The molecule has 0 aromatic carbocycles. The van der Waals surface area contributed by atoms with Crippen LogP contribution in [0.5, 0.6) is 0 Å². The summed E-state index contributed by atoms with van der Waals surface area (Å²) in [5.74, 6) is 1.02. The second-order valence-corrected chi connectivity index (χ2v) is 5.86. The van der Waals surface area contributed by atoms with Crippen LogP contribution in [0.1, 0.15) is 32.6 Å². The van der Waals surface area contributed by atoms with Crippen molar-refractivity contribution in [2.75, 3.05) is 39.8 Å². The van der Waals surface area contributed by atoms with Gasteiger partial charge in [-0.3, -0.25) is 9.69 Å². The number of rotatable bonds is 4. The van der Waals surface area contributed by atoms with E-state index < -0.39 is 0 Å². The molecule has 0 aromatic rings. The molecule has 18 heavy (non-hydrogen) atoms. The van der Waals surface area contributed by atoms with Crippen LogP contribution in [0.15, 0.2) is 0 Å². The molecule has 0 saturated carbocycles. The first kappa shape index (κ1) is 13.8. The molecule has 0 spiro atoms. The molecule has 2 saturated heterocycles. The van der Waals surface area contributed by atoms with Gasteiger partial charge >= 0.3 is 0 Å². The zero-order chi connectivity index (χ0) is 13.0. The first-order valence-corrected chi connectivity index (χ1v) is 7.38. The van der Waals surface area contributed by atoms with Crippen molar-refractivity contribution in [3.05, 3.63) is 0 Å². The first-order chi connectivity index (χ1) is 8.68. The number of hydrogen-bond donors (Lipinski definition) is 1. The van der Waals surface area contributed by atoms with Crippen LogP contribution >= 0.6 is 0 Å². The number of amides is 1. The fourth-order valence-corrected chi connectivity index (χ4v) is 3.04. The van der Waals surface area contributed by atoms with E-state index >= 15 is 0 Å². The Labute approximate surface area is 111 Å². The van der Waals surface area contributed by atoms with Crippen LogP contribution in [0.4, 0.5) is 0 Å². The van der Waals surface area contributed by atoms with Crippen LogP contribution in [0.25, 0.3) is 0 Å². The topological polar surface area (TPSA) is 35.6 Å². The number of hydrogen-bond acceptors (Lipinski definition) is 3. The average Bonchev–Trinajstić information content (AvgIpc) is 2.92. The summed E-state index contributed by atoms with van der Waals surface area (Å²) in [7, 11) is 2.09. The fourth-order valence-electron chi connectivity index (χ4n) is 3.04. The van der Waals surface area contributed by atoms with Gasteiger partial charge in [-0.25, -0.2) is 0 Å². The van der Waals surface area contributed by atoms with Crippen LogP contribution in [0, 0.1) is 5.92 Å². The molecule has 0 radical (unpaired) electrons. The van der Waals surface area contributed by atoms with Crippen molar-refractivity contribution in [1.29, 1.82) is 0 Å². The number of likely N-dealkylation sites (tertiary alicyclic amines) is 1. The summed E-state index contributed by atoms with van der Waals surface area (Å²) in [6.07, 6.45) is 4.92. The van der Waals surface area contributed by atoms with E-state index in [0.29, 0.717) is 11.8 Å². The Hall–Kier alpha value is -0.610. The minimum atomic E-state index is 0.0324. The van der Waals surface area contributed by atoms with Crippen LogP contribution < -0.4 is 5.32 Å². The molecule has 2 unspecified atom stereocenters. The van der Waals surface area contributed by atoms with E-state index in [4.69, 9.17) is 0 Å². The van der Waals surface area contributed by atoms with E-state index in [1.165, 1.54) is 25.7 Å². The van der Waals surface area contributed by atoms with Crippen molar-refractivity contribution in [2.24, 2.45) is 5.92 Å². The Kier molecular flexibility index (Phi) is 5.01. The highest BCUT2D eigenvalue weighted by Gasteiger charge is 2.27. The molecule has 2 fully saturated rings. The maximum atomic E-state index is 12.3. The van der Waals surface area contributed by atoms with Crippen LogP contribution in [0.2, 0.25) is 0 Å². The monoisotopic (exact) mass is 253 g/mol. The van der Waals surface area contributed by atoms with E-state index in [2.05, 4.69) is 24.2 Å². The molecule has 1 amide bonds. The maximum absolute atomic E-state index is 12.3. The number of nitrogens with zero attached hydrogens (tertiary/aromatic N) is 2. The van der Waals surface area contributed by atoms with Gasteiger partial charge in [0.1, 0.15) is 0 Å². The lowest BCUT2D eigenvalue weighted by molar-refractivity contribution is -0.135. The van der Waals surface area contributed by atoms with E-state index in [1.54, 1.807) is 0 Å². The van der Waals surface area contributed by atoms with E-state index in [9.17, 15) is 4.79 Å². The largest absolute Gasteiger partial charge is 0.341 e. The minimum Gasteiger partial charge on any atom is -0.341 e. The quantitative estimate of drug-likeness (QED) is 0.809. The average molecular weight is 253 g/mol. The summed E-state index contributed by atoms with van der Waals surface area (Å²) >= 11 is 0. The summed E-state index contributed by atoms with van der Waals surface area (Å²) in [5.41, 5.74) is 0. The van der Waals surface area contributed by atoms with Gasteiger partial charge in [-0.2, -0.15) is 0 Å². The number of piperidine rings is 1. The molecule has 0 bridgehead atoms. The second kappa shape index (κ2) is 6.53. The van der Waals surface area contributed by atoms with Crippen molar-refractivity contribution in [3.63, 3.8) is 0 Å². The SMILES string of the molecule is CC(C(=O)N1CCCC1)N(C)CC1CCCNC1. The lowest BCUT2D eigenvalue weighted by atomic mass is 9.98. The van der Waals surface area contributed by atoms with Gasteiger partial charge in [0.15, 0.2) is 0 Å². The van der Waals surface area contributed by atoms with E-state index in [1.807, 2.05) is 4.90 Å². The van der Waals surface area contributed by atoms with Crippen LogP contribution in [-0.2, 0) is 4.79 Å². The van der Waals surface area contributed by atoms with Gasteiger partial charge in [0.25, 0.3) is 0 Å². The third kappa shape index (κ3) is 3.45. The van der Waals surface area contributed by atoms with Crippen molar-refractivity contribution in [1.82, 2.24) is 15.1 Å². The number of nitrogens with one attached hydrogen (secondary N) is 1. The molecule has 1 N–H and O–H groups in total. The maximum Gasteiger partial charge on any atom is 0.239 e. The van der Waals surface area contributed by atoms with Gasteiger partial charge in [-0.15, -0.1) is 0 Å². The molecule has 0 aliphatic carbocycles. The first-order valence-electron chi connectivity index (χ1n) is 7.38. The molecule has 2 rings (SSSR count). The summed E-state index contributed by atoms with van der Waals surface area (Å²) < 4.78 is 0. The van der Waals surface area contributed by atoms with Crippen LogP contribution in [0.3, 0.4) is 0 Å². The third-order valence-corrected chi connectivity index (χ3v) is 4.38. The van der Waals surface area contributed by atoms with Gasteiger partial charge < -0.3 is 10.2 Å². The van der Waals surface area contributed by atoms with Crippen molar-refractivity contribution in [3.8, 4) is 0 Å². The Morgan fingerprint density at radius 1 is 1.39 bits per heavy atom. The smallest absolute Gasteiger partial charge is 0.239 e. The molecule has 2 heterocycles. The molecule has 4 heteroatoms. The fraction of sp³-hybridized carbons (Fsp3) is 0.929. The Balaban J connectivity index is 1.79. The van der Waals surface area contributed by atoms with Gasteiger partial charge in [0, 0.05) is 19.6 Å². The van der Waals surface area contributed by atoms with Gasteiger partial charge in [0.2, 0.25) is 5.91 Å². The van der Waals surface area contributed by atoms with Gasteiger partial charge in [-0.1, -0.05) is 0 Å². The molecule has 104 valence electrons. The van der Waals surface area contributed by atoms with E-state index in [-0.39, 0.29) is 6.04 Å². The van der Waals surface area contributed by atoms with Crippen molar-refractivity contribution >= 4 is 5.91 Å². The zero-order valence-corrected chi connectivity index (χ0v) is 11.8. The summed E-state index contributed by atoms with van der Waals surface area (Å²) in [5, 5.41) is 3.44. The zero-order valence-electron chi connectivity index (χ0n) is 11.8. The Bertz CT molecular complexity index is 270. The number of likely N-dealkylation sites (N-methyl/N-ethyl adjacent to an activating group) is 1. The lowest BCUT2D eigenvalue weighted by Crippen LogP contribution is -2.47. The van der Waals surface area contributed by atoms with Gasteiger partial charge in [-0.05, 0) is 58.7 Å². The molecular formula is C14H27N3O.